The molecule has 0 fully saturated rings. The Hall–Kier alpha value is -2.79. The predicted octanol–water partition coefficient (Wildman–Crippen LogP) is 6.20. The molecule has 0 aliphatic rings. The quantitative estimate of drug-likeness (QED) is 0.248. The van der Waals surface area contributed by atoms with Gasteiger partial charge < -0.3 is 14.0 Å². The Morgan fingerprint density at radius 3 is 2.66 bits per heavy atom. The van der Waals surface area contributed by atoms with Crippen molar-refractivity contribution in [3.63, 3.8) is 0 Å². The lowest BCUT2D eigenvalue weighted by Crippen LogP contribution is -2.13. The Morgan fingerprint density at radius 1 is 1.00 bits per heavy atom. The lowest BCUT2D eigenvalue weighted by atomic mass is 10.1. The largest absolute Gasteiger partial charge is 0.493 e. The van der Waals surface area contributed by atoms with Gasteiger partial charge in [-0.1, -0.05) is 58.4 Å². The molecule has 1 aromatic heterocycles. The highest BCUT2D eigenvalue weighted by molar-refractivity contribution is 9.10. The van der Waals surface area contributed by atoms with Gasteiger partial charge in [-0.2, -0.15) is 0 Å². The number of ether oxygens (including phenoxy) is 2. The first-order chi connectivity index (χ1) is 14.2. The summed E-state index contributed by atoms with van der Waals surface area (Å²) in [6.45, 7) is 3.40. The zero-order chi connectivity index (χ0) is 20.2. The second kappa shape index (κ2) is 8.70. The number of rotatable bonds is 7. The van der Waals surface area contributed by atoms with Crippen LogP contribution >= 0.6 is 15.9 Å². The smallest absolute Gasteiger partial charge is 0.354 e. The van der Waals surface area contributed by atoms with Crippen LogP contribution in [0.15, 0.2) is 71.2 Å². The monoisotopic (exact) mass is 451 g/mol. The molecular weight excluding hydrogens is 430 g/mol. The Kier molecular flexibility index (Phi) is 5.86. The van der Waals surface area contributed by atoms with Gasteiger partial charge in [0, 0.05) is 27.3 Å². The van der Waals surface area contributed by atoms with E-state index in [1.807, 2.05) is 60.0 Å². The summed E-state index contributed by atoms with van der Waals surface area (Å²) in [6.07, 6.45) is 0.770. The highest BCUT2D eigenvalue weighted by Gasteiger charge is 2.17. The first-order valence-electron chi connectivity index (χ1n) is 9.74. The standard InChI is InChI=1S/C24H22BrNO3/c1-2-28-24(27)22-16-19-20(25)11-6-12-21(19)26(22)14-7-15-29-23-13-5-9-17-8-3-4-10-18(17)23/h3-6,8-13,16H,2,7,14-15H2,1H3. The Labute approximate surface area is 178 Å². The molecule has 148 valence electrons. The van der Waals surface area contributed by atoms with Crippen LogP contribution < -0.4 is 4.74 Å². The van der Waals surface area contributed by atoms with E-state index >= 15 is 0 Å². The highest BCUT2D eigenvalue weighted by atomic mass is 79.9. The fourth-order valence-electron chi connectivity index (χ4n) is 3.59. The summed E-state index contributed by atoms with van der Waals surface area (Å²) in [5, 5.41) is 3.28. The molecule has 0 bridgehead atoms. The third-order valence-electron chi connectivity index (χ3n) is 4.91. The number of fused-ring (bicyclic) bond motifs is 2. The molecule has 4 aromatic rings. The minimum Gasteiger partial charge on any atom is -0.493 e. The molecule has 0 unspecified atom stereocenters. The average Bonchev–Trinajstić information content (AvgIpc) is 3.11. The molecule has 0 spiro atoms. The number of carbonyl (C=O) groups is 1. The first-order valence-corrected chi connectivity index (χ1v) is 10.5. The van der Waals surface area contributed by atoms with Crippen molar-refractivity contribution in [3.05, 3.63) is 76.9 Å². The third-order valence-corrected chi connectivity index (χ3v) is 5.60. The summed E-state index contributed by atoms with van der Waals surface area (Å²) >= 11 is 3.58. The molecule has 0 saturated heterocycles. The molecule has 0 N–H and O–H groups in total. The van der Waals surface area contributed by atoms with E-state index in [4.69, 9.17) is 9.47 Å². The van der Waals surface area contributed by atoms with Gasteiger partial charge in [0.2, 0.25) is 0 Å². The molecule has 0 atom stereocenters. The van der Waals surface area contributed by atoms with E-state index in [-0.39, 0.29) is 5.97 Å². The second-order valence-corrected chi connectivity index (χ2v) is 7.61. The molecule has 0 radical (unpaired) electrons. The maximum Gasteiger partial charge on any atom is 0.354 e. The van der Waals surface area contributed by atoms with Crippen molar-refractivity contribution in [2.45, 2.75) is 19.9 Å². The van der Waals surface area contributed by atoms with E-state index in [2.05, 4.69) is 34.1 Å². The first kappa shape index (κ1) is 19.5. The Balaban J connectivity index is 1.52. The molecule has 4 rings (SSSR count). The van der Waals surface area contributed by atoms with E-state index in [0.717, 1.165) is 38.3 Å². The summed E-state index contributed by atoms with van der Waals surface area (Å²) in [4.78, 5) is 12.5. The van der Waals surface area contributed by atoms with Crippen LogP contribution in [-0.2, 0) is 11.3 Å². The topological polar surface area (TPSA) is 40.5 Å². The number of benzene rings is 3. The molecule has 29 heavy (non-hydrogen) atoms. The molecule has 0 aliphatic heterocycles. The summed E-state index contributed by atoms with van der Waals surface area (Å²) in [5.41, 5.74) is 1.58. The normalized spacial score (nSPS) is 11.1. The van der Waals surface area contributed by atoms with Crippen LogP contribution in [0.25, 0.3) is 21.7 Å². The number of aromatic nitrogens is 1. The summed E-state index contributed by atoms with van der Waals surface area (Å²) in [5.74, 6) is 0.583. The SMILES string of the molecule is CCOC(=O)c1cc2c(Br)cccc2n1CCCOc1cccc2ccccc12. The van der Waals surface area contributed by atoms with Crippen molar-refractivity contribution in [1.82, 2.24) is 4.57 Å². The van der Waals surface area contributed by atoms with Gasteiger partial charge in [0.1, 0.15) is 11.4 Å². The van der Waals surface area contributed by atoms with Crippen molar-refractivity contribution in [2.24, 2.45) is 0 Å². The van der Waals surface area contributed by atoms with E-state index in [1.165, 1.54) is 0 Å². The van der Waals surface area contributed by atoms with Gasteiger partial charge >= 0.3 is 5.97 Å². The Morgan fingerprint density at radius 2 is 1.79 bits per heavy atom. The van der Waals surface area contributed by atoms with Crippen molar-refractivity contribution in [1.29, 1.82) is 0 Å². The molecule has 0 amide bonds. The molecule has 0 saturated carbocycles. The lowest BCUT2D eigenvalue weighted by Gasteiger charge is -2.12. The molecule has 4 nitrogen and oxygen atoms in total. The molecule has 1 heterocycles. The van der Waals surface area contributed by atoms with Gasteiger partial charge in [-0.3, -0.25) is 0 Å². The van der Waals surface area contributed by atoms with Gasteiger partial charge in [0.25, 0.3) is 0 Å². The molecule has 5 heteroatoms. The average molecular weight is 452 g/mol. The van der Waals surface area contributed by atoms with Gasteiger partial charge in [-0.25, -0.2) is 4.79 Å². The van der Waals surface area contributed by atoms with E-state index < -0.39 is 0 Å². The van der Waals surface area contributed by atoms with E-state index in [1.54, 1.807) is 0 Å². The van der Waals surface area contributed by atoms with E-state index in [0.29, 0.717) is 25.5 Å². The zero-order valence-corrected chi connectivity index (χ0v) is 17.8. The number of hydrogen-bond acceptors (Lipinski definition) is 3. The minimum atomic E-state index is -0.300. The fourth-order valence-corrected chi connectivity index (χ4v) is 4.06. The number of aryl methyl sites for hydroxylation is 1. The third kappa shape index (κ3) is 4.01. The van der Waals surface area contributed by atoms with Crippen LogP contribution in [-0.4, -0.2) is 23.8 Å². The molecule has 3 aromatic carbocycles. The number of carbonyl (C=O) groups excluding carboxylic acids is 1. The fraction of sp³-hybridized carbons (Fsp3) is 0.208. The summed E-state index contributed by atoms with van der Waals surface area (Å²) < 4.78 is 14.3. The zero-order valence-electron chi connectivity index (χ0n) is 16.2. The van der Waals surface area contributed by atoms with Gasteiger partial charge in [-0.15, -0.1) is 0 Å². The summed E-state index contributed by atoms with van der Waals surface area (Å²) in [6, 6.07) is 22.1. The van der Waals surface area contributed by atoms with Crippen LogP contribution in [0.5, 0.6) is 5.75 Å². The van der Waals surface area contributed by atoms with Crippen molar-refractivity contribution in [3.8, 4) is 5.75 Å². The maximum absolute atomic E-state index is 12.5. The van der Waals surface area contributed by atoms with Crippen LogP contribution in [0, 0.1) is 0 Å². The molecular formula is C24H22BrNO3. The van der Waals surface area contributed by atoms with Gasteiger partial charge in [0.15, 0.2) is 0 Å². The van der Waals surface area contributed by atoms with Crippen LogP contribution in [0.1, 0.15) is 23.8 Å². The number of hydrogen-bond donors (Lipinski definition) is 0. The lowest BCUT2D eigenvalue weighted by molar-refractivity contribution is 0.0514. The number of nitrogens with zero attached hydrogens (tertiary/aromatic N) is 1. The number of esters is 1. The second-order valence-electron chi connectivity index (χ2n) is 6.75. The van der Waals surface area contributed by atoms with Crippen molar-refractivity contribution in [2.75, 3.05) is 13.2 Å². The van der Waals surface area contributed by atoms with Crippen LogP contribution in [0.3, 0.4) is 0 Å². The van der Waals surface area contributed by atoms with Crippen LogP contribution in [0.4, 0.5) is 0 Å². The molecule has 0 aliphatic carbocycles. The minimum absolute atomic E-state index is 0.300. The van der Waals surface area contributed by atoms with Crippen molar-refractivity contribution >= 4 is 43.6 Å². The highest BCUT2D eigenvalue weighted by Crippen LogP contribution is 2.29. The maximum atomic E-state index is 12.5. The Bertz CT molecular complexity index is 1160. The number of halogens is 1. The van der Waals surface area contributed by atoms with Gasteiger partial charge in [0.05, 0.1) is 13.2 Å². The predicted molar refractivity (Wildman–Crippen MR) is 120 cm³/mol. The van der Waals surface area contributed by atoms with Crippen LogP contribution in [0.2, 0.25) is 0 Å². The van der Waals surface area contributed by atoms with Gasteiger partial charge in [-0.05, 0) is 43.0 Å². The van der Waals surface area contributed by atoms with E-state index in [9.17, 15) is 4.79 Å². The van der Waals surface area contributed by atoms with Crippen molar-refractivity contribution < 1.29 is 14.3 Å². The summed E-state index contributed by atoms with van der Waals surface area (Å²) in [7, 11) is 0.